The molecule has 0 unspecified atom stereocenters. The van der Waals surface area contributed by atoms with Crippen molar-refractivity contribution in [1.82, 2.24) is 4.57 Å². The van der Waals surface area contributed by atoms with E-state index in [0.29, 0.717) is 34.1 Å². The van der Waals surface area contributed by atoms with Crippen molar-refractivity contribution < 1.29 is 9.90 Å². The second-order valence-corrected chi connectivity index (χ2v) is 8.28. The van der Waals surface area contributed by atoms with Crippen LogP contribution < -0.4 is 10.9 Å². The molecule has 3 aromatic rings. The maximum atomic E-state index is 13.1. The van der Waals surface area contributed by atoms with Crippen molar-refractivity contribution in [3.8, 4) is 5.75 Å². The second kappa shape index (κ2) is 8.52. The van der Waals surface area contributed by atoms with Gasteiger partial charge in [-0.3, -0.25) is 9.59 Å². The van der Waals surface area contributed by atoms with E-state index in [1.165, 1.54) is 24.8 Å². The number of hydrogen-bond donors (Lipinski definition) is 2. The minimum atomic E-state index is -0.639. The van der Waals surface area contributed by atoms with Crippen LogP contribution in [-0.4, -0.2) is 15.6 Å². The fourth-order valence-electron chi connectivity index (χ4n) is 4.39. The van der Waals surface area contributed by atoms with Crippen LogP contribution in [0.15, 0.2) is 47.3 Å². The predicted molar refractivity (Wildman–Crippen MR) is 121 cm³/mol. The summed E-state index contributed by atoms with van der Waals surface area (Å²) in [5.74, 6) is -0.430. The van der Waals surface area contributed by atoms with Gasteiger partial charge in [-0.15, -0.1) is 0 Å². The zero-order valence-corrected chi connectivity index (χ0v) is 17.7. The molecule has 156 valence electrons. The zero-order chi connectivity index (χ0) is 21.3. The third-order valence-electron chi connectivity index (χ3n) is 5.99. The van der Waals surface area contributed by atoms with Crippen LogP contribution in [0.5, 0.6) is 5.75 Å². The molecule has 0 saturated heterocycles. The third-order valence-corrected chi connectivity index (χ3v) is 6.24. The molecule has 5 nitrogen and oxygen atoms in total. The van der Waals surface area contributed by atoms with Gasteiger partial charge in [-0.25, -0.2) is 0 Å². The summed E-state index contributed by atoms with van der Waals surface area (Å²) in [5, 5.41) is 14.6. The van der Waals surface area contributed by atoms with E-state index < -0.39 is 11.5 Å². The van der Waals surface area contributed by atoms with E-state index in [9.17, 15) is 14.7 Å². The van der Waals surface area contributed by atoms with Gasteiger partial charge in [0.25, 0.3) is 11.5 Å². The molecule has 0 atom stereocenters. The summed E-state index contributed by atoms with van der Waals surface area (Å²) in [5.41, 5.74) is 1.63. The number of halogens is 1. The number of aromatic nitrogens is 1. The van der Waals surface area contributed by atoms with Crippen molar-refractivity contribution in [1.29, 1.82) is 0 Å². The molecule has 1 fully saturated rings. The van der Waals surface area contributed by atoms with E-state index >= 15 is 0 Å². The lowest BCUT2D eigenvalue weighted by molar-refractivity contribution is 0.102. The molecular formula is C24H25ClN2O3. The number of nitrogens with one attached hydrogen (secondary N) is 1. The van der Waals surface area contributed by atoms with Gasteiger partial charge >= 0.3 is 0 Å². The van der Waals surface area contributed by atoms with Crippen LogP contribution in [0.1, 0.15) is 60.9 Å². The number of carbonyl (C=O) groups is 1. The molecule has 1 heterocycles. The molecule has 0 aliphatic heterocycles. The van der Waals surface area contributed by atoms with Crippen LogP contribution in [0, 0.1) is 0 Å². The van der Waals surface area contributed by atoms with Gasteiger partial charge in [0.1, 0.15) is 11.3 Å². The number of fused-ring (bicyclic) bond motifs is 1. The molecule has 2 N–H and O–H groups in total. The minimum Gasteiger partial charge on any atom is -0.506 e. The summed E-state index contributed by atoms with van der Waals surface area (Å²) >= 11 is 5.88. The number of nitrogens with zero attached hydrogens (tertiary/aromatic N) is 1. The summed E-state index contributed by atoms with van der Waals surface area (Å²) in [7, 11) is 0. The van der Waals surface area contributed by atoms with Crippen molar-refractivity contribution in [2.75, 3.05) is 5.32 Å². The molecule has 30 heavy (non-hydrogen) atoms. The fourth-order valence-corrected chi connectivity index (χ4v) is 4.51. The quantitative estimate of drug-likeness (QED) is 0.565. The average molecular weight is 425 g/mol. The Labute approximate surface area is 180 Å². The number of amides is 1. The molecule has 1 amide bonds. The lowest BCUT2D eigenvalue weighted by atomic mass is 9.84. The summed E-state index contributed by atoms with van der Waals surface area (Å²) in [6, 6.07) is 12.4. The number of anilines is 1. The monoisotopic (exact) mass is 424 g/mol. The fraction of sp³-hybridized carbons (Fsp3) is 0.333. The highest BCUT2D eigenvalue weighted by Crippen LogP contribution is 2.35. The van der Waals surface area contributed by atoms with Gasteiger partial charge in [0, 0.05) is 22.6 Å². The Hall–Kier alpha value is -2.79. The second-order valence-electron chi connectivity index (χ2n) is 7.85. The smallest absolute Gasteiger partial charge is 0.267 e. The third kappa shape index (κ3) is 3.82. The van der Waals surface area contributed by atoms with E-state index in [4.69, 9.17) is 11.6 Å². The number of hydrogen-bond acceptors (Lipinski definition) is 3. The van der Waals surface area contributed by atoms with Crippen LogP contribution in [0.3, 0.4) is 0 Å². The summed E-state index contributed by atoms with van der Waals surface area (Å²) in [6.07, 6.45) is 6.01. The van der Waals surface area contributed by atoms with E-state index in [1.54, 1.807) is 28.8 Å². The van der Waals surface area contributed by atoms with Gasteiger partial charge in [-0.05, 0) is 67.6 Å². The number of aromatic hydroxyl groups is 1. The standard InChI is InChI=1S/C24H25ClN2O3/c1-2-27-20-14-16(15-6-4-3-5-7-15)8-13-19(20)22(28)21(24(27)30)23(29)26-18-11-9-17(25)10-12-18/h8-15,28H,2-7H2,1H3,(H,26,29). The molecule has 0 radical (unpaired) electrons. The normalized spacial score (nSPS) is 14.7. The first-order valence-electron chi connectivity index (χ1n) is 10.5. The zero-order valence-electron chi connectivity index (χ0n) is 17.0. The highest BCUT2D eigenvalue weighted by Gasteiger charge is 2.23. The van der Waals surface area contributed by atoms with E-state index in [0.717, 1.165) is 12.8 Å². The summed E-state index contributed by atoms with van der Waals surface area (Å²) in [6.45, 7) is 2.27. The first kappa shape index (κ1) is 20.5. The first-order chi connectivity index (χ1) is 14.5. The molecule has 0 bridgehead atoms. The Balaban J connectivity index is 1.78. The lowest BCUT2D eigenvalue weighted by Crippen LogP contribution is -2.29. The van der Waals surface area contributed by atoms with E-state index in [2.05, 4.69) is 5.32 Å². The first-order valence-corrected chi connectivity index (χ1v) is 10.8. The number of carbonyl (C=O) groups excluding carboxylic acids is 1. The van der Waals surface area contributed by atoms with Crippen molar-refractivity contribution in [3.63, 3.8) is 0 Å². The van der Waals surface area contributed by atoms with Crippen LogP contribution in [0.2, 0.25) is 5.02 Å². The van der Waals surface area contributed by atoms with Crippen molar-refractivity contribution in [2.45, 2.75) is 51.5 Å². The number of benzene rings is 2. The molecule has 4 rings (SSSR count). The van der Waals surface area contributed by atoms with Crippen LogP contribution in [0.25, 0.3) is 10.9 Å². The maximum Gasteiger partial charge on any atom is 0.267 e. The van der Waals surface area contributed by atoms with Gasteiger partial charge in [0.05, 0.1) is 5.52 Å². The molecule has 1 aliphatic rings. The Kier molecular flexibility index (Phi) is 5.82. The minimum absolute atomic E-state index is 0.246. The Bertz CT molecular complexity index is 1150. The molecule has 1 aromatic heterocycles. The van der Waals surface area contributed by atoms with Crippen molar-refractivity contribution in [3.05, 3.63) is 69.0 Å². The van der Waals surface area contributed by atoms with Gasteiger partial charge in [0.2, 0.25) is 0 Å². The van der Waals surface area contributed by atoms with Gasteiger partial charge in [-0.1, -0.05) is 36.9 Å². The Morgan fingerprint density at radius 2 is 1.83 bits per heavy atom. The van der Waals surface area contributed by atoms with Crippen LogP contribution in [-0.2, 0) is 6.54 Å². The summed E-state index contributed by atoms with van der Waals surface area (Å²) in [4.78, 5) is 26.0. The molecule has 6 heteroatoms. The maximum absolute atomic E-state index is 13.1. The summed E-state index contributed by atoms with van der Waals surface area (Å²) < 4.78 is 1.57. The van der Waals surface area contributed by atoms with Crippen LogP contribution in [0.4, 0.5) is 5.69 Å². The highest BCUT2D eigenvalue weighted by molar-refractivity contribution is 6.30. The van der Waals surface area contributed by atoms with Crippen molar-refractivity contribution >= 4 is 34.1 Å². The van der Waals surface area contributed by atoms with Crippen LogP contribution >= 0.6 is 11.6 Å². The average Bonchev–Trinajstić information content (AvgIpc) is 2.76. The lowest BCUT2D eigenvalue weighted by Gasteiger charge is -2.23. The van der Waals surface area contributed by atoms with Gasteiger partial charge in [-0.2, -0.15) is 0 Å². The molecule has 1 aliphatic carbocycles. The number of pyridine rings is 1. The topological polar surface area (TPSA) is 71.3 Å². The van der Waals surface area contributed by atoms with Gasteiger partial charge < -0.3 is 15.0 Å². The number of rotatable bonds is 4. The largest absolute Gasteiger partial charge is 0.506 e. The van der Waals surface area contributed by atoms with E-state index in [-0.39, 0.29) is 11.3 Å². The molecule has 1 saturated carbocycles. The molecular weight excluding hydrogens is 400 g/mol. The Morgan fingerprint density at radius 1 is 1.13 bits per heavy atom. The SMILES string of the molecule is CCn1c(=O)c(C(=O)Nc2ccc(Cl)cc2)c(O)c2ccc(C3CCCCC3)cc21. The Morgan fingerprint density at radius 3 is 2.50 bits per heavy atom. The molecule has 2 aromatic carbocycles. The highest BCUT2D eigenvalue weighted by atomic mass is 35.5. The van der Waals surface area contributed by atoms with Crippen molar-refractivity contribution in [2.24, 2.45) is 0 Å². The number of aryl methyl sites for hydroxylation is 1. The van der Waals surface area contributed by atoms with E-state index in [1.807, 2.05) is 25.1 Å². The van der Waals surface area contributed by atoms with Gasteiger partial charge in [0.15, 0.2) is 0 Å². The predicted octanol–water partition coefficient (Wildman–Crippen LogP) is 5.68. The molecule has 0 spiro atoms.